The fourth-order valence-electron chi connectivity index (χ4n) is 3.16. The molecule has 0 saturated heterocycles. The van der Waals surface area contributed by atoms with Crippen molar-refractivity contribution in [2.75, 3.05) is 5.32 Å². The number of rotatable bonds is 3. The van der Waals surface area contributed by atoms with Crippen LogP contribution >= 0.6 is 0 Å². The Hall–Kier alpha value is -2.10. The molecular formula is C17H22N2O2. The Bertz CT molecular complexity index is 607. The van der Waals surface area contributed by atoms with Crippen LogP contribution in [-0.2, 0) is 0 Å². The second-order valence-corrected chi connectivity index (χ2v) is 5.92. The molecule has 4 nitrogen and oxygen atoms in total. The molecule has 0 bridgehead atoms. The maximum Gasteiger partial charge on any atom is 0.222 e. The van der Waals surface area contributed by atoms with Gasteiger partial charge < -0.3 is 15.5 Å². The van der Waals surface area contributed by atoms with Crippen LogP contribution < -0.4 is 5.32 Å². The van der Waals surface area contributed by atoms with E-state index in [9.17, 15) is 10.2 Å². The van der Waals surface area contributed by atoms with Gasteiger partial charge in [-0.05, 0) is 30.9 Å². The fourth-order valence-corrected chi connectivity index (χ4v) is 3.16. The molecule has 1 aromatic carbocycles. The van der Waals surface area contributed by atoms with Gasteiger partial charge in [0.05, 0.1) is 5.69 Å². The number of nitrogens with zero attached hydrogens (tertiary/aromatic N) is 1. The maximum atomic E-state index is 10.4. The third-order valence-electron chi connectivity index (χ3n) is 4.42. The molecule has 1 fully saturated rings. The minimum Gasteiger partial charge on any atom is -0.494 e. The van der Waals surface area contributed by atoms with Crippen molar-refractivity contribution in [1.82, 2.24) is 4.57 Å². The summed E-state index contributed by atoms with van der Waals surface area (Å²) in [6.07, 6.45) is 4.82. The van der Waals surface area contributed by atoms with Gasteiger partial charge in [0.25, 0.3) is 0 Å². The third kappa shape index (κ3) is 2.71. The lowest BCUT2D eigenvalue weighted by Crippen LogP contribution is -2.30. The molecule has 0 amide bonds. The molecule has 1 heterocycles. The van der Waals surface area contributed by atoms with Crippen molar-refractivity contribution in [2.45, 2.75) is 38.6 Å². The lowest BCUT2D eigenvalue weighted by Gasteiger charge is -2.30. The fraction of sp³-hybridized carbons (Fsp3) is 0.412. The van der Waals surface area contributed by atoms with Crippen molar-refractivity contribution in [2.24, 2.45) is 5.92 Å². The highest BCUT2D eigenvalue weighted by atomic mass is 16.3. The van der Waals surface area contributed by atoms with Crippen molar-refractivity contribution in [3.8, 4) is 17.4 Å². The van der Waals surface area contributed by atoms with Crippen LogP contribution in [0.3, 0.4) is 0 Å². The minimum absolute atomic E-state index is 0.0460. The molecule has 2 unspecified atom stereocenters. The van der Waals surface area contributed by atoms with Gasteiger partial charge in [0.2, 0.25) is 11.8 Å². The number of anilines is 1. The van der Waals surface area contributed by atoms with Gasteiger partial charge in [-0.1, -0.05) is 38.0 Å². The summed E-state index contributed by atoms with van der Waals surface area (Å²) in [4.78, 5) is 0. The quantitative estimate of drug-likeness (QED) is 0.802. The number of aromatic nitrogens is 1. The highest BCUT2D eigenvalue weighted by Crippen LogP contribution is 2.37. The van der Waals surface area contributed by atoms with E-state index in [0.717, 1.165) is 12.1 Å². The van der Waals surface area contributed by atoms with Gasteiger partial charge in [0.15, 0.2) is 0 Å². The van der Waals surface area contributed by atoms with Gasteiger partial charge in [0, 0.05) is 12.1 Å². The first-order valence-electron chi connectivity index (χ1n) is 7.62. The van der Waals surface area contributed by atoms with Crippen molar-refractivity contribution < 1.29 is 10.2 Å². The zero-order valence-corrected chi connectivity index (χ0v) is 12.3. The van der Waals surface area contributed by atoms with Crippen LogP contribution in [0.4, 0.5) is 5.69 Å². The monoisotopic (exact) mass is 286 g/mol. The zero-order chi connectivity index (χ0) is 14.8. The molecule has 0 aliphatic heterocycles. The van der Waals surface area contributed by atoms with E-state index >= 15 is 0 Å². The van der Waals surface area contributed by atoms with E-state index < -0.39 is 0 Å². The lowest BCUT2D eigenvalue weighted by molar-refractivity contribution is 0.348. The van der Waals surface area contributed by atoms with Gasteiger partial charge in [-0.15, -0.1) is 0 Å². The molecule has 0 radical (unpaired) electrons. The molecule has 0 spiro atoms. The standard InChI is InChI=1S/C17H22N2O2/c1-12-7-5-6-10-14(12)18-15-11-16(20)19(17(15)21)13-8-3-2-4-9-13/h2-4,8-9,11-12,14,18,20-21H,5-7,10H2,1H3. The molecule has 112 valence electrons. The molecule has 21 heavy (non-hydrogen) atoms. The van der Waals surface area contributed by atoms with Crippen LogP contribution in [0.5, 0.6) is 11.8 Å². The average molecular weight is 286 g/mol. The van der Waals surface area contributed by atoms with Crippen molar-refractivity contribution >= 4 is 5.69 Å². The van der Waals surface area contributed by atoms with E-state index in [1.165, 1.54) is 23.8 Å². The third-order valence-corrected chi connectivity index (χ3v) is 4.42. The topological polar surface area (TPSA) is 57.4 Å². The van der Waals surface area contributed by atoms with Gasteiger partial charge in [0.1, 0.15) is 5.69 Å². The first-order valence-corrected chi connectivity index (χ1v) is 7.62. The Kier molecular flexibility index (Phi) is 3.78. The summed E-state index contributed by atoms with van der Waals surface area (Å²) in [7, 11) is 0. The number of hydrogen-bond acceptors (Lipinski definition) is 3. The van der Waals surface area contributed by atoms with Crippen LogP contribution in [0.1, 0.15) is 32.6 Å². The predicted molar refractivity (Wildman–Crippen MR) is 84.1 cm³/mol. The number of benzene rings is 1. The lowest BCUT2D eigenvalue weighted by atomic mass is 9.86. The molecule has 1 saturated carbocycles. The Morgan fingerprint density at radius 1 is 1.10 bits per heavy atom. The predicted octanol–water partition coefficient (Wildman–Crippen LogP) is 3.88. The second kappa shape index (κ2) is 5.72. The highest BCUT2D eigenvalue weighted by Gasteiger charge is 2.24. The van der Waals surface area contributed by atoms with Crippen molar-refractivity contribution in [1.29, 1.82) is 0 Å². The van der Waals surface area contributed by atoms with Crippen LogP contribution in [0, 0.1) is 5.92 Å². The number of nitrogens with one attached hydrogen (secondary N) is 1. The molecule has 3 rings (SSSR count). The van der Waals surface area contributed by atoms with Crippen LogP contribution in [0.25, 0.3) is 5.69 Å². The van der Waals surface area contributed by atoms with Crippen LogP contribution in [0.2, 0.25) is 0 Å². The summed E-state index contributed by atoms with van der Waals surface area (Å²) in [5.41, 5.74) is 1.35. The van der Waals surface area contributed by atoms with Gasteiger partial charge >= 0.3 is 0 Å². The van der Waals surface area contributed by atoms with Crippen molar-refractivity contribution in [3.05, 3.63) is 36.4 Å². The largest absolute Gasteiger partial charge is 0.494 e. The summed E-state index contributed by atoms with van der Waals surface area (Å²) in [5, 5.41) is 23.9. The first kappa shape index (κ1) is 13.9. The Morgan fingerprint density at radius 3 is 2.52 bits per heavy atom. The first-order chi connectivity index (χ1) is 10.2. The smallest absolute Gasteiger partial charge is 0.222 e. The molecular weight excluding hydrogens is 264 g/mol. The SMILES string of the molecule is CC1CCCCC1Nc1cc(O)n(-c2ccccc2)c1O. The van der Waals surface area contributed by atoms with E-state index in [0.29, 0.717) is 17.6 Å². The molecule has 1 aliphatic carbocycles. The summed E-state index contributed by atoms with van der Waals surface area (Å²) in [6.45, 7) is 2.24. The minimum atomic E-state index is 0.0460. The van der Waals surface area contributed by atoms with Gasteiger partial charge in [-0.2, -0.15) is 0 Å². The molecule has 1 aromatic heterocycles. The van der Waals surface area contributed by atoms with Crippen LogP contribution in [0.15, 0.2) is 36.4 Å². The zero-order valence-electron chi connectivity index (χ0n) is 12.3. The van der Waals surface area contributed by atoms with E-state index in [1.807, 2.05) is 30.3 Å². The van der Waals surface area contributed by atoms with E-state index in [2.05, 4.69) is 12.2 Å². The maximum absolute atomic E-state index is 10.4. The normalized spacial score (nSPS) is 22.1. The Labute approximate surface area is 125 Å². The summed E-state index contributed by atoms with van der Waals surface area (Å²) in [5.74, 6) is 0.696. The van der Waals surface area contributed by atoms with Crippen LogP contribution in [-0.4, -0.2) is 20.8 Å². The Morgan fingerprint density at radius 2 is 1.81 bits per heavy atom. The molecule has 3 N–H and O–H groups in total. The van der Waals surface area contributed by atoms with E-state index in [-0.39, 0.29) is 11.8 Å². The van der Waals surface area contributed by atoms with Gasteiger partial charge in [-0.25, -0.2) is 4.57 Å². The van der Waals surface area contributed by atoms with E-state index in [1.54, 1.807) is 6.07 Å². The molecule has 4 heteroatoms. The molecule has 1 aliphatic rings. The van der Waals surface area contributed by atoms with E-state index in [4.69, 9.17) is 0 Å². The number of aromatic hydroxyl groups is 2. The molecule has 2 aromatic rings. The summed E-state index contributed by atoms with van der Waals surface area (Å²) >= 11 is 0. The highest BCUT2D eigenvalue weighted by molar-refractivity contribution is 5.61. The summed E-state index contributed by atoms with van der Waals surface area (Å²) < 4.78 is 1.45. The number of hydrogen-bond donors (Lipinski definition) is 3. The second-order valence-electron chi connectivity index (χ2n) is 5.92. The summed E-state index contributed by atoms with van der Waals surface area (Å²) in [6, 6.07) is 11.3. The average Bonchev–Trinajstić information content (AvgIpc) is 2.77. The Balaban J connectivity index is 1.88. The van der Waals surface area contributed by atoms with Crippen molar-refractivity contribution in [3.63, 3.8) is 0 Å². The number of para-hydroxylation sites is 1. The molecule has 2 atom stereocenters. The van der Waals surface area contributed by atoms with Gasteiger partial charge in [-0.3, -0.25) is 0 Å².